The van der Waals surface area contributed by atoms with Crippen LogP contribution >= 0.6 is 0 Å². The monoisotopic (exact) mass is 483 g/mol. The van der Waals surface area contributed by atoms with Crippen LogP contribution in [0, 0.1) is 37.7 Å². The number of rotatable bonds is 7. The Hall–Kier alpha value is 0.362. The molecule has 0 spiro atoms. The first-order valence-corrected chi connectivity index (χ1v) is 5.78. The van der Waals surface area contributed by atoms with E-state index < -0.39 is 18.2 Å². The van der Waals surface area contributed by atoms with Crippen LogP contribution in [0.2, 0.25) is 0 Å². The summed E-state index contributed by atoms with van der Waals surface area (Å²) in [5, 5.41) is 15.5. The second kappa shape index (κ2) is 10.2. The molecule has 3 unspecified atom stereocenters. The number of amides is 1. The summed E-state index contributed by atoms with van der Waals surface area (Å²) in [5.41, 5.74) is 0. The summed E-state index contributed by atoms with van der Waals surface area (Å²) in [6.07, 6.45) is 0.0613. The van der Waals surface area contributed by atoms with Crippen LogP contribution in [-0.4, -0.2) is 56.6 Å². The molecule has 6 nitrogen and oxygen atoms in total. The molecule has 3 N–H and O–H groups in total. The van der Waals surface area contributed by atoms with Crippen molar-refractivity contribution in [1.29, 1.82) is 0 Å². The Morgan fingerprint density at radius 3 is 2.89 bits per heavy atom. The fraction of sp³-hybridized carbons (Fsp3) is 0.818. The van der Waals surface area contributed by atoms with E-state index in [1.807, 2.05) is 7.05 Å². The van der Waals surface area contributed by atoms with Gasteiger partial charge in [-0.05, 0) is 26.1 Å². The minimum Gasteiger partial charge on any atom is -0.544 e. The molecule has 0 aliphatic carbocycles. The number of carbonyl (C=O) groups excluding carboxylic acids is 1. The molecule has 7 heteroatoms. The zero-order chi connectivity index (χ0) is 12.7. The summed E-state index contributed by atoms with van der Waals surface area (Å²) in [6, 6.07) is -0.447. The Morgan fingerprint density at radius 2 is 2.28 bits per heavy atom. The molecule has 0 aromatic rings. The molecule has 0 aromatic carbocycles. The fourth-order valence-corrected chi connectivity index (χ4v) is 1.68. The van der Waals surface area contributed by atoms with Gasteiger partial charge in [0.25, 0.3) is 0 Å². The van der Waals surface area contributed by atoms with Crippen LogP contribution in [-0.2, 0) is 14.3 Å². The van der Waals surface area contributed by atoms with E-state index in [0.717, 1.165) is 13.0 Å². The largest absolute Gasteiger partial charge is 2.00 e. The second-order valence-electron chi connectivity index (χ2n) is 4.06. The predicted molar refractivity (Wildman–Crippen MR) is 62.1 cm³/mol. The van der Waals surface area contributed by atoms with Crippen molar-refractivity contribution in [2.45, 2.75) is 31.1 Å². The maximum Gasteiger partial charge on any atom is 2.00 e. The van der Waals surface area contributed by atoms with Gasteiger partial charge >= 0.3 is 31.1 Å². The van der Waals surface area contributed by atoms with Crippen LogP contribution in [0.5, 0.6) is 0 Å². The van der Waals surface area contributed by atoms with Gasteiger partial charge in [-0.1, -0.05) is 0 Å². The summed E-state index contributed by atoms with van der Waals surface area (Å²) in [4.78, 5) is 11.5. The Kier molecular flexibility index (Phi) is 10.4. The molecule has 1 amide bonds. The standard InChI is InChI=1S/C11H21N2O4.U/c1-12-5-3-4-10(14)13-8-6-17-9(7-16-2)11(8)15;/h6,8-9,11-12,15H,3-5,7H2,1-2H3,(H,13,14);/q-1;+2. The average Bonchev–Trinajstić information content (AvgIpc) is 2.63. The van der Waals surface area contributed by atoms with Crippen LogP contribution in [0.4, 0.5) is 0 Å². The minimum absolute atomic E-state index is 0. The summed E-state index contributed by atoms with van der Waals surface area (Å²) in [6.45, 7) is 2.57. The van der Waals surface area contributed by atoms with E-state index in [1.165, 1.54) is 6.61 Å². The molecule has 102 valence electrons. The summed E-state index contributed by atoms with van der Waals surface area (Å²) >= 11 is 0. The van der Waals surface area contributed by atoms with Crippen LogP contribution in [0.25, 0.3) is 0 Å². The number of carbonyl (C=O) groups is 1. The Morgan fingerprint density at radius 1 is 1.56 bits per heavy atom. The SMILES string of the molecule is CNCCCC(=O)NC1[CH-]OC(COC)C1O.[U+2]. The number of ether oxygens (including phenoxy) is 2. The minimum atomic E-state index is -0.747. The Balaban J connectivity index is 0.00000289. The number of aliphatic hydroxyl groups is 1. The van der Waals surface area contributed by atoms with Crippen molar-refractivity contribution in [2.75, 3.05) is 27.3 Å². The first-order chi connectivity index (χ1) is 8.19. The maximum absolute atomic E-state index is 11.5. The van der Waals surface area contributed by atoms with E-state index in [-0.39, 0.29) is 37.0 Å². The van der Waals surface area contributed by atoms with E-state index in [0.29, 0.717) is 13.0 Å². The van der Waals surface area contributed by atoms with Crippen molar-refractivity contribution in [2.24, 2.45) is 0 Å². The number of nitrogens with one attached hydrogen (secondary N) is 2. The first kappa shape index (κ1) is 18.4. The second-order valence-corrected chi connectivity index (χ2v) is 4.06. The van der Waals surface area contributed by atoms with E-state index in [9.17, 15) is 9.90 Å². The third-order valence-corrected chi connectivity index (χ3v) is 2.64. The van der Waals surface area contributed by atoms with Crippen LogP contribution in [0.3, 0.4) is 0 Å². The molecular formula is C11H21N2O4U+. The van der Waals surface area contributed by atoms with Crippen LogP contribution in [0.1, 0.15) is 12.8 Å². The zero-order valence-corrected chi connectivity index (χ0v) is 15.0. The zero-order valence-electron chi connectivity index (χ0n) is 10.8. The molecule has 0 radical (unpaired) electrons. The molecule has 18 heavy (non-hydrogen) atoms. The quantitative estimate of drug-likeness (QED) is 0.321. The van der Waals surface area contributed by atoms with Crippen molar-refractivity contribution in [3.8, 4) is 0 Å². The van der Waals surface area contributed by atoms with Crippen molar-refractivity contribution < 1.29 is 50.5 Å². The number of methoxy groups -OCH3 is 1. The summed E-state index contributed by atoms with van der Waals surface area (Å²) in [5.74, 6) is -0.0813. The third-order valence-electron chi connectivity index (χ3n) is 2.64. The summed E-state index contributed by atoms with van der Waals surface area (Å²) < 4.78 is 10.1. The normalized spacial score (nSPS) is 26.7. The molecular weight excluding hydrogens is 462 g/mol. The molecule has 1 heterocycles. The van der Waals surface area contributed by atoms with E-state index in [2.05, 4.69) is 10.6 Å². The van der Waals surface area contributed by atoms with E-state index >= 15 is 0 Å². The van der Waals surface area contributed by atoms with Crippen molar-refractivity contribution >= 4 is 5.91 Å². The maximum atomic E-state index is 11.5. The van der Waals surface area contributed by atoms with Crippen LogP contribution in [0.15, 0.2) is 0 Å². The smallest absolute Gasteiger partial charge is 0.544 e. The average molecular weight is 483 g/mol. The Labute approximate surface area is 132 Å². The molecule has 1 rings (SSSR count). The first-order valence-electron chi connectivity index (χ1n) is 5.78. The Bertz CT molecular complexity index is 243. The number of aliphatic hydroxyl groups excluding tert-OH is 1. The van der Waals surface area contributed by atoms with Gasteiger partial charge in [-0.15, -0.1) is 0 Å². The molecule has 1 saturated heterocycles. The van der Waals surface area contributed by atoms with E-state index in [4.69, 9.17) is 9.47 Å². The van der Waals surface area contributed by atoms with Gasteiger partial charge in [0.05, 0.1) is 18.8 Å². The molecule has 1 fully saturated rings. The molecule has 3 atom stereocenters. The molecule has 1 aliphatic rings. The van der Waals surface area contributed by atoms with E-state index in [1.54, 1.807) is 7.11 Å². The molecule has 0 aromatic heterocycles. The molecule has 0 saturated carbocycles. The van der Waals surface area contributed by atoms with Gasteiger partial charge in [0.15, 0.2) is 0 Å². The van der Waals surface area contributed by atoms with Crippen LogP contribution < -0.4 is 10.6 Å². The van der Waals surface area contributed by atoms with Gasteiger partial charge in [0.1, 0.15) is 0 Å². The topological polar surface area (TPSA) is 79.8 Å². The molecule has 1 aliphatic heterocycles. The summed E-state index contributed by atoms with van der Waals surface area (Å²) in [7, 11) is 3.38. The van der Waals surface area contributed by atoms with Crippen molar-refractivity contribution in [1.82, 2.24) is 10.6 Å². The number of hydrogen-bond donors (Lipinski definition) is 3. The third kappa shape index (κ3) is 6.00. The van der Waals surface area contributed by atoms with Gasteiger partial charge in [0.2, 0.25) is 5.91 Å². The van der Waals surface area contributed by atoms with Gasteiger partial charge < -0.3 is 25.2 Å². The van der Waals surface area contributed by atoms with Gasteiger partial charge in [0, 0.05) is 13.5 Å². The van der Waals surface area contributed by atoms with Gasteiger partial charge in [-0.25, -0.2) is 0 Å². The van der Waals surface area contributed by atoms with Gasteiger partial charge in [-0.2, -0.15) is 6.61 Å². The van der Waals surface area contributed by atoms with Gasteiger partial charge in [-0.3, -0.25) is 4.79 Å². The van der Waals surface area contributed by atoms with Crippen molar-refractivity contribution in [3.63, 3.8) is 0 Å². The van der Waals surface area contributed by atoms with Crippen molar-refractivity contribution in [3.05, 3.63) is 6.61 Å². The number of hydrogen-bond acceptors (Lipinski definition) is 5. The predicted octanol–water partition coefficient (Wildman–Crippen LogP) is -0.961. The molecule has 0 bridgehead atoms. The fourth-order valence-electron chi connectivity index (χ4n) is 1.68.